The van der Waals surface area contributed by atoms with Gasteiger partial charge in [0.05, 0.1) is 18.8 Å². The Labute approximate surface area is 125 Å². The molecule has 100 valence electrons. The zero-order valence-corrected chi connectivity index (χ0v) is 13.1. The molecule has 0 spiro atoms. The van der Waals surface area contributed by atoms with Crippen LogP contribution in [0.5, 0.6) is 0 Å². The van der Waals surface area contributed by atoms with Crippen molar-refractivity contribution in [1.29, 1.82) is 0 Å². The smallest absolute Gasteiger partial charge is 0.194 e. The molecule has 2 aliphatic rings. The van der Waals surface area contributed by atoms with Crippen LogP contribution in [-0.4, -0.2) is 40.5 Å². The first-order valence-corrected chi connectivity index (χ1v) is 6.37. The van der Waals surface area contributed by atoms with E-state index in [1.54, 1.807) is 0 Å². The van der Waals surface area contributed by atoms with Gasteiger partial charge in [0.15, 0.2) is 5.96 Å². The highest BCUT2D eigenvalue weighted by molar-refractivity contribution is 14.0. The van der Waals surface area contributed by atoms with E-state index in [0.717, 1.165) is 44.3 Å². The molecule has 3 rings (SSSR count). The van der Waals surface area contributed by atoms with Gasteiger partial charge in [-0.3, -0.25) is 4.99 Å². The number of halogens is 1. The van der Waals surface area contributed by atoms with Crippen molar-refractivity contribution < 1.29 is 0 Å². The number of guanidine groups is 1. The first kappa shape index (κ1) is 13.6. The molecule has 0 bridgehead atoms. The van der Waals surface area contributed by atoms with Crippen LogP contribution in [0, 0.1) is 0 Å². The zero-order chi connectivity index (χ0) is 11.7. The van der Waals surface area contributed by atoms with Gasteiger partial charge >= 0.3 is 0 Å². The molecule has 2 aliphatic heterocycles. The Balaban J connectivity index is 0.00000120. The highest BCUT2D eigenvalue weighted by atomic mass is 127. The lowest BCUT2D eigenvalue weighted by Gasteiger charge is -2.14. The molecule has 0 saturated carbocycles. The second kappa shape index (κ2) is 5.90. The molecule has 1 N–H and O–H groups in total. The van der Waals surface area contributed by atoms with E-state index in [4.69, 9.17) is 0 Å². The van der Waals surface area contributed by atoms with Gasteiger partial charge in [0.2, 0.25) is 0 Å². The van der Waals surface area contributed by atoms with E-state index in [-0.39, 0.29) is 24.0 Å². The van der Waals surface area contributed by atoms with Gasteiger partial charge in [-0.2, -0.15) is 0 Å². The zero-order valence-electron chi connectivity index (χ0n) is 10.7. The summed E-state index contributed by atoms with van der Waals surface area (Å²) in [7, 11) is 2.07. The Morgan fingerprint density at radius 3 is 2.94 bits per heavy atom. The summed E-state index contributed by atoms with van der Waals surface area (Å²) in [4.78, 5) is 11.2. The van der Waals surface area contributed by atoms with Crippen LogP contribution in [0.25, 0.3) is 0 Å². The molecule has 0 aromatic carbocycles. The maximum Gasteiger partial charge on any atom is 0.194 e. The van der Waals surface area contributed by atoms with Gasteiger partial charge < -0.3 is 14.8 Å². The predicted octanol–water partition coefficient (Wildman–Crippen LogP) is 1.23. The maximum atomic E-state index is 4.66. The number of fused-ring (bicyclic) bond motifs is 1. The lowest BCUT2D eigenvalue weighted by Crippen LogP contribution is -2.35. The Hall–Kier alpha value is -0.790. The van der Waals surface area contributed by atoms with Crippen molar-refractivity contribution >= 4 is 29.9 Å². The monoisotopic (exact) mass is 361 g/mol. The predicted molar refractivity (Wildman–Crippen MR) is 82.4 cm³/mol. The highest BCUT2D eigenvalue weighted by Crippen LogP contribution is 2.14. The molecule has 0 fully saturated rings. The second-order valence-electron chi connectivity index (χ2n) is 4.78. The first-order chi connectivity index (χ1) is 8.33. The molecule has 3 heterocycles. The lowest BCUT2D eigenvalue weighted by molar-refractivity contribution is 0.522. The van der Waals surface area contributed by atoms with E-state index in [2.05, 4.69) is 38.0 Å². The number of rotatable bonds is 2. The van der Waals surface area contributed by atoms with Crippen LogP contribution in [0.4, 0.5) is 0 Å². The van der Waals surface area contributed by atoms with Gasteiger partial charge in [0.25, 0.3) is 0 Å². The van der Waals surface area contributed by atoms with Crippen LogP contribution in [0.2, 0.25) is 0 Å². The van der Waals surface area contributed by atoms with Crippen molar-refractivity contribution in [2.75, 3.05) is 20.1 Å². The van der Waals surface area contributed by atoms with Crippen molar-refractivity contribution in [1.82, 2.24) is 19.8 Å². The quantitative estimate of drug-likeness (QED) is 0.806. The SMILES string of the molecule is CN1CCN=C1NCc1cn2c(n1)CCCC2.I. The van der Waals surface area contributed by atoms with Crippen LogP contribution in [-0.2, 0) is 19.5 Å². The van der Waals surface area contributed by atoms with E-state index in [1.165, 1.54) is 18.7 Å². The Morgan fingerprint density at radius 1 is 1.33 bits per heavy atom. The average Bonchev–Trinajstić information content (AvgIpc) is 2.92. The molecule has 5 nitrogen and oxygen atoms in total. The number of nitrogens with one attached hydrogen (secondary N) is 1. The van der Waals surface area contributed by atoms with Crippen LogP contribution in [0.1, 0.15) is 24.4 Å². The van der Waals surface area contributed by atoms with Crippen molar-refractivity contribution in [3.63, 3.8) is 0 Å². The molecule has 0 radical (unpaired) electrons. The minimum absolute atomic E-state index is 0. The fourth-order valence-electron chi connectivity index (χ4n) is 2.45. The number of aliphatic imine (C=N–C) groups is 1. The van der Waals surface area contributed by atoms with Crippen molar-refractivity contribution in [2.24, 2.45) is 4.99 Å². The maximum absolute atomic E-state index is 4.66. The third-order valence-electron chi connectivity index (χ3n) is 3.44. The number of aryl methyl sites for hydroxylation is 2. The molecule has 0 amide bonds. The summed E-state index contributed by atoms with van der Waals surface area (Å²) in [6.07, 6.45) is 5.86. The molecular formula is C12H20IN5. The van der Waals surface area contributed by atoms with Crippen molar-refractivity contribution in [2.45, 2.75) is 32.4 Å². The summed E-state index contributed by atoms with van der Waals surface area (Å²) in [6, 6.07) is 0. The molecule has 1 aromatic heterocycles. The molecule has 18 heavy (non-hydrogen) atoms. The van der Waals surface area contributed by atoms with E-state index in [1.807, 2.05) is 0 Å². The minimum Gasteiger partial charge on any atom is -0.351 e. The second-order valence-corrected chi connectivity index (χ2v) is 4.78. The highest BCUT2D eigenvalue weighted by Gasteiger charge is 2.14. The largest absolute Gasteiger partial charge is 0.351 e. The fourth-order valence-corrected chi connectivity index (χ4v) is 2.45. The molecule has 6 heteroatoms. The van der Waals surface area contributed by atoms with E-state index < -0.39 is 0 Å². The summed E-state index contributed by atoms with van der Waals surface area (Å²) < 4.78 is 2.29. The summed E-state index contributed by atoms with van der Waals surface area (Å²) in [5, 5.41) is 3.36. The number of likely N-dealkylation sites (N-methyl/N-ethyl adjacent to an activating group) is 1. The molecule has 0 saturated heterocycles. The number of imidazole rings is 1. The molecule has 0 aliphatic carbocycles. The minimum atomic E-state index is 0. The Bertz CT molecular complexity index is 416. The van der Waals surface area contributed by atoms with Crippen LogP contribution in [0.15, 0.2) is 11.2 Å². The van der Waals surface area contributed by atoms with Crippen molar-refractivity contribution in [3.05, 3.63) is 17.7 Å². The van der Waals surface area contributed by atoms with Gasteiger partial charge in [0.1, 0.15) is 5.82 Å². The average molecular weight is 361 g/mol. The number of hydrogen-bond donors (Lipinski definition) is 1. The normalized spacial score (nSPS) is 18.1. The van der Waals surface area contributed by atoms with Gasteiger partial charge in [0, 0.05) is 32.8 Å². The topological polar surface area (TPSA) is 45.5 Å². The Kier molecular flexibility index (Phi) is 4.47. The van der Waals surface area contributed by atoms with Crippen LogP contribution >= 0.6 is 24.0 Å². The van der Waals surface area contributed by atoms with Gasteiger partial charge in [-0.05, 0) is 12.8 Å². The molecule has 0 atom stereocenters. The molecule has 0 unspecified atom stereocenters. The van der Waals surface area contributed by atoms with Gasteiger partial charge in [-0.25, -0.2) is 4.98 Å². The fraction of sp³-hybridized carbons (Fsp3) is 0.667. The molecule has 1 aromatic rings. The van der Waals surface area contributed by atoms with Crippen LogP contribution < -0.4 is 5.32 Å². The van der Waals surface area contributed by atoms with E-state index in [9.17, 15) is 0 Å². The standard InChI is InChI=1S/C12H19N5.HI/c1-16-7-5-13-12(16)14-8-10-9-17-6-3-2-4-11(17)15-10;/h9H,2-8H2,1H3,(H,13,14);1H. The number of aromatic nitrogens is 2. The number of nitrogens with zero attached hydrogens (tertiary/aromatic N) is 4. The number of hydrogen-bond acceptors (Lipinski definition) is 4. The summed E-state index contributed by atoms with van der Waals surface area (Å²) in [5.74, 6) is 2.24. The van der Waals surface area contributed by atoms with Gasteiger partial charge in [-0.15, -0.1) is 24.0 Å². The third kappa shape index (κ3) is 2.78. The van der Waals surface area contributed by atoms with E-state index in [0.29, 0.717) is 0 Å². The summed E-state index contributed by atoms with van der Waals surface area (Å²) in [5.41, 5.74) is 1.13. The lowest BCUT2D eigenvalue weighted by atomic mass is 10.2. The summed E-state index contributed by atoms with van der Waals surface area (Å²) in [6.45, 7) is 3.83. The van der Waals surface area contributed by atoms with Crippen molar-refractivity contribution in [3.8, 4) is 0 Å². The third-order valence-corrected chi connectivity index (χ3v) is 3.44. The molecular weight excluding hydrogens is 341 g/mol. The van der Waals surface area contributed by atoms with Crippen LogP contribution in [0.3, 0.4) is 0 Å². The summed E-state index contributed by atoms with van der Waals surface area (Å²) >= 11 is 0. The first-order valence-electron chi connectivity index (χ1n) is 6.37. The van der Waals surface area contributed by atoms with E-state index >= 15 is 0 Å². The van der Waals surface area contributed by atoms with Gasteiger partial charge in [-0.1, -0.05) is 0 Å². The Morgan fingerprint density at radius 2 is 2.22 bits per heavy atom.